The fourth-order valence-corrected chi connectivity index (χ4v) is 5.22. The molecule has 10 nitrogen and oxygen atoms in total. The number of rotatable bonds is 5. The molecule has 2 aromatic carbocycles. The van der Waals surface area contributed by atoms with Gasteiger partial charge < -0.3 is 19.7 Å². The molecule has 0 radical (unpaired) electrons. The zero-order valence-electron chi connectivity index (χ0n) is 25.9. The van der Waals surface area contributed by atoms with Crippen molar-refractivity contribution in [1.82, 2.24) is 30.1 Å². The van der Waals surface area contributed by atoms with Crippen molar-refractivity contribution in [2.75, 3.05) is 40.8 Å². The number of aldehydes is 1. The molecule has 0 saturated carbocycles. The molecule has 0 unspecified atom stereocenters. The first-order chi connectivity index (χ1) is 21.3. The predicted molar refractivity (Wildman–Crippen MR) is 178 cm³/mol. The lowest BCUT2D eigenvalue weighted by atomic mass is 10.0. The summed E-state index contributed by atoms with van der Waals surface area (Å²) in [4.78, 5) is 32.7. The maximum absolute atomic E-state index is 10.1. The van der Waals surface area contributed by atoms with Crippen LogP contribution >= 0.6 is 22.9 Å². The van der Waals surface area contributed by atoms with E-state index >= 15 is 0 Å². The van der Waals surface area contributed by atoms with Crippen LogP contribution in [0.4, 0.5) is 4.79 Å². The van der Waals surface area contributed by atoms with Crippen LogP contribution < -0.4 is 10.8 Å². The first-order valence-corrected chi connectivity index (χ1v) is 15.7. The van der Waals surface area contributed by atoms with Crippen LogP contribution in [-0.4, -0.2) is 72.6 Å². The fraction of sp³-hybridized carbons (Fsp3) is 0.344. The van der Waals surface area contributed by atoms with E-state index in [-0.39, 0.29) is 6.54 Å². The number of hydrogen-bond donors (Lipinski definition) is 2. The molecule has 4 heterocycles. The van der Waals surface area contributed by atoms with Gasteiger partial charge in [-0.1, -0.05) is 80.4 Å². The van der Waals surface area contributed by atoms with Crippen LogP contribution in [-0.2, 0) is 14.5 Å². The van der Waals surface area contributed by atoms with Gasteiger partial charge >= 0.3 is 6.09 Å². The van der Waals surface area contributed by atoms with Gasteiger partial charge in [0.25, 0.3) is 0 Å². The van der Waals surface area contributed by atoms with E-state index in [2.05, 4.69) is 94.8 Å². The van der Waals surface area contributed by atoms with Crippen LogP contribution in [0.5, 0.6) is 0 Å². The van der Waals surface area contributed by atoms with Gasteiger partial charge in [-0.25, -0.2) is 20.3 Å². The number of hydroxylamine groups is 3. The van der Waals surface area contributed by atoms with Crippen molar-refractivity contribution in [3.63, 3.8) is 0 Å². The van der Waals surface area contributed by atoms with E-state index in [0.29, 0.717) is 11.4 Å². The number of imidazole rings is 1. The minimum Gasteiger partial charge on any atom is -0.453 e. The van der Waals surface area contributed by atoms with Crippen molar-refractivity contribution < 1.29 is 19.3 Å². The largest absolute Gasteiger partial charge is 0.453 e. The van der Waals surface area contributed by atoms with Crippen LogP contribution in [0.25, 0.3) is 33.0 Å². The van der Waals surface area contributed by atoms with Gasteiger partial charge in [-0.05, 0) is 44.1 Å². The minimum atomic E-state index is -0.586. The monoisotopic (exact) mass is 640 g/mol. The van der Waals surface area contributed by atoms with Crippen molar-refractivity contribution in [2.45, 2.75) is 33.1 Å². The lowest BCUT2D eigenvalue weighted by Crippen LogP contribution is -2.24. The molecule has 2 aliphatic heterocycles. The lowest BCUT2D eigenvalue weighted by Gasteiger charge is -2.06. The Balaban J connectivity index is 0.000000256. The van der Waals surface area contributed by atoms with Gasteiger partial charge in [0, 0.05) is 29.8 Å². The van der Waals surface area contributed by atoms with Crippen LogP contribution in [0.2, 0.25) is 5.15 Å². The van der Waals surface area contributed by atoms with Crippen molar-refractivity contribution in [3.05, 3.63) is 77.0 Å². The normalized spacial score (nSPS) is 13.8. The highest BCUT2D eigenvalue weighted by atomic mass is 35.5. The SMILES string of the molecule is CCC.CN1C=C(c2ccc(-c3ccc(-c4nc5sccn5c4Cl)cc3)cc2)NO1.CN1CCCC1.COC(=O)NCC=O. The Labute approximate surface area is 268 Å². The van der Waals surface area contributed by atoms with Crippen molar-refractivity contribution in [3.8, 4) is 22.4 Å². The number of amides is 1. The van der Waals surface area contributed by atoms with Gasteiger partial charge in [-0.2, -0.15) is 4.94 Å². The number of methoxy groups -OCH3 is 1. The second-order valence-electron chi connectivity index (χ2n) is 10.0. The number of carbonyl (C=O) groups excluding carboxylic acids is 2. The van der Waals surface area contributed by atoms with E-state index in [1.807, 2.05) is 29.2 Å². The first-order valence-electron chi connectivity index (χ1n) is 14.4. The number of carbonyl (C=O) groups is 2. The van der Waals surface area contributed by atoms with Gasteiger partial charge in [0.05, 0.1) is 25.6 Å². The van der Waals surface area contributed by atoms with Crippen LogP contribution in [0.15, 0.2) is 66.3 Å². The van der Waals surface area contributed by atoms with E-state index in [9.17, 15) is 9.59 Å². The van der Waals surface area contributed by atoms with Crippen LogP contribution in [0.3, 0.4) is 0 Å². The van der Waals surface area contributed by atoms with Gasteiger partial charge in [0.1, 0.15) is 17.1 Å². The summed E-state index contributed by atoms with van der Waals surface area (Å²) in [6.45, 7) is 6.90. The Hall–Kier alpha value is -3.90. The van der Waals surface area contributed by atoms with Crippen LogP contribution in [0, 0.1) is 0 Å². The molecule has 1 saturated heterocycles. The zero-order valence-corrected chi connectivity index (χ0v) is 27.5. The molecule has 0 bridgehead atoms. The average Bonchev–Trinajstić information content (AvgIpc) is 3.85. The number of alkyl carbamates (subject to hydrolysis) is 1. The van der Waals surface area contributed by atoms with E-state index < -0.39 is 6.09 Å². The Morgan fingerprint density at radius 2 is 1.61 bits per heavy atom. The molecular weight excluding hydrogens is 600 g/mol. The molecule has 4 aromatic rings. The molecule has 0 atom stereocenters. The third-order valence-corrected chi connectivity index (χ3v) is 7.46. The summed E-state index contributed by atoms with van der Waals surface area (Å²) < 4.78 is 6.05. The number of thiazole rings is 1. The van der Waals surface area contributed by atoms with Gasteiger partial charge in [0.2, 0.25) is 0 Å². The van der Waals surface area contributed by atoms with E-state index in [1.165, 1.54) is 39.5 Å². The van der Waals surface area contributed by atoms with Crippen LogP contribution in [0.1, 0.15) is 38.7 Å². The molecule has 236 valence electrons. The highest BCUT2D eigenvalue weighted by Crippen LogP contribution is 2.32. The summed E-state index contributed by atoms with van der Waals surface area (Å²) in [7, 11) is 5.25. The van der Waals surface area contributed by atoms with Crippen molar-refractivity contribution >= 4 is 46.0 Å². The molecule has 44 heavy (non-hydrogen) atoms. The number of nitrogens with one attached hydrogen (secondary N) is 2. The molecule has 0 aliphatic carbocycles. The Bertz CT molecular complexity index is 1480. The lowest BCUT2D eigenvalue weighted by molar-refractivity contribution is -0.121. The standard InChI is InChI=1S/C20H15ClN4OS.C5H11N.C4H7NO3.C3H8/c1-24-12-17(23-26-24)15-6-2-13(3-7-15)14-4-8-16(9-5-14)18-19(21)25-10-11-27-20(25)22-18;1-6-4-2-3-5-6;1-8-4(7)5-2-3-6;1-3-2/h2-12,23H,1H3;2-5H2,1H3;3H,2H2,1H3,(H,5,7);3H2,1-2H3. The summed E-state index contributed by atoms with van der Waals surface area (Å²) in [5, 5.41) is 6.41. The number of hydrogen-bond acceptors (Lipinski definition) is 9. The first kappa shape index (κ1) is 34.6. The fourth-order valence-electron chi connectivity index (χ4n) is 4.17. The van der Waals surface area contributed by atoms with Gasteiger partial charge in [-0.15, -0.1) is 11.3 Å². The maximum atomic E-state index is 10.1. The molecule has 12 heteroatoms. The third-order valence-electron chi connectivity index (χ3n) is 6.35. The van der Waals surface area contributed by atoms with Gasteiger partial charge in [-0.3, -0.25) is 4.40 Å². The van der Waals surface area contributed by atoms with E-state index in [0.717, 1.165) is 38.6 Å². The Morgan fingerprint density at radius 3 is 2.07 bits per heavy atom. The number of ether oxygens (including phenoxy) is 1. The topological polar surface area (TPSA) is 100 Å². The van der Waals surface area contributed by atoms with Crippen molar-refractivity contribution in [1.29, 1.82) is 0 Å². The summed E-state index contributed by atoms with van der Waals surface area (Å²) in [6, 6.07) is 16.7. The summed E-state index contributed by atoms with van der Waals surface area (Å²) in [5.74, 6) is 0. The van der Waals surface area contributed by atoms with E-state index in [1.54, 1.807) is 16.4 Å². The number of aromatic nitrogens is 2. The number of halogens is 1. The molecule has 2 aliphatic rings. The number of nitrogens with zero attached hydrogens (tertiary/aromatic N) is 4. The zero-order chi connectivity index (χ0) is 31.9. The minimum absolute atomic E-state index is 0.00662. The Kier molecular flexibility index (Phi) is 14.2. The molecular formula is C32H41ClN6O4S. The highest BCUT2D eigenvalue weighted by Gasteiger charge is 2.14. The number of fused-ring (bicyclic) bond motifs is 1. The van der Waals surface area contributed by atoms with Gasteiger partial charge in [0.15, 0.2) is 4.96 Å². The van der Waals surface area contributed by atoms with E-state index in [4.69, 9.17) is 16.5 Å². The smallest absolute Gasteiger partial charge is 0.407 e. The maximum Gasteiger partial charge on any atom is 0.407 e. The quantitative estimate of drug-likeness (QED) is 0.232. The molecule has 6 rings (SSSR count). The molecule has 1 fully saturated rings. The average molecular weight is 641 g/mol. The highest BCUT2D eigenvalue weighted by molar-refractivity contribution is 7.15. The predicted octanol–water partition coefficient (Wildman–Crippen LogP) is 6.73. The molecule has 0 spiro atoms. The molecule has 2 aromatic heterocycles. The third kappa shape index (κ3) is 10.1. The summed E-state index contributed by atoms with van der Waals surface area (Å²) in [6.07, 6.45) is 7.91. The summed E-state index contributed by atoms with van der Waals surface area (Å²) in [5.41, 5.74) is 9.02. The van der Waals surface area contributed by atoms with Crippen molar-refractivity contribution in [2.24, 2.45) is 0 Å². The number of benzene rings is 2. The molecule has 1 amide bonds. The molecule has 2 N–H and O–H groups in total. The Morgan fingerprint density at radius 1 is 1.05 bits per heavy atom. The number of likely N-dealkylation sites (tertiary alicyclic amines) is 1. The summed E-state index contributed by atoms with van der Waals surface area (Å²) >= 11 is 8.04. The second-order valence-corrected chi connectivity index (χ2v) is 11.2. The second kappa shape index (κ2) is 18.0.